The van der Waals surface area contributed by atoms with E-state index < -0.39 is 14.9 Å². The molecule has 0 amide bonds. The highest BCUT2D eigenvalue weighted by Gasteiger charge is 2.25. The number of hydrogen-bond acceptors (Lipinski definition) is 4. The number of benzene rings is 2. The van der Waals surface area contributed by atoms with Gasteiger partial charge in [0, 0.05) is 12.1 Å². The van der Waals surface area contributed by atoms with Crippen molar-refractivity contribution in [3.8, 4) is 0 Å². The molecule has 0 aliphatic rings. The maximum absolute atomic E-state index is 14.0. The number of para-hydroxylation sites is 1. The van der Waals surface area contributed by atoms with E-state index in [1.807, 2.05) is 0 Å². The molecule has 8 heteroatoms. The molecule has 104 valence electrons. The molecular weight excluding hydrogens is 287 g/mol. The van der Waals surface area contributed by atoms with Crippen LogP contribution in [0.4, 0.5) is 15.9 Å². The SMILES string of the molecule is O=[N+]([O-])c1ccc(S(=O)(=O)N(F)c2ccccc2)cc1. The number of sulfonamides is 1. The van der Waals surface area contributed by atoms with Crippen molar-refractivity contribution in [3.63, 3.8) is 0 Å². The molecule has 0 saturated carbocycles. The standard InChI is InChI=1S/C12H9FN2O4S/c13-14(10-4-2-1-3-5-10)20(18,19)12-8-6-11(7-9-12)15(16)17/h1-9H. The van der Waals surface area contributed by atoms with Crippen molar-refractivity contribution in [1.82, 2.24) is 0 Å². The van der Waals surface area contributed by atoms with Crippen LogP contribution in [0.25, 0.3) is 0 Å². The fourth-order valence-corrected chi connectivity index (χ4v) is 2.58. The van der Waals surface area contributed by atoms with E-state index in [2.05, 4.69) is 0 Å². The fourth-order valence-electron chi connectivity index (χ4n) is 1.52. The van der Waals surface area contributed by atoms with Gasteiger partial charge in [0.25, 0.3) is 15.7 Å². The Balaban J connectivity index is 2.37. The third kappa shape index (κ3) is 2.59. The molecule has 0 radical (unpaired) electrons. The molecular formula is C12H9FN2O4S. The van der Waals surface area contributed by atoms with Gasteiger partial charge in [-0.05, 0) is 24.3 Å². The number of nitro groups is 1. The predicted molar refractivity (Wildman–Crippen MR) is 70.3 cm³/mol. The van der Waals surface area contributed by atoms with Gasteiger partial charge in [0.2, 0.25) is 0 Å². The van der Waals surface area contributed by atoms with Gasteiger partial charge in [-0.2, -0.15) is 8.42 Å². The van der Waals surface area contributed by atoms with Crippen molar-refractivity contribution < 1.29 is 17.8 Å². The van der Waals surface area contributed by atoms with E-state index in [1.54, 1.807) is 6.07 Å². The predicted octanol–water partition coefficient (Wildman–Crippen LogP) is 2.67. The van der Waals surface area contributed by atoms with Gasteiger partial charge in [0.05, 0.1) is 15.5 Å². The second-order valence-corrected chi connectivity index (χ2v) is 5.55. The van der Waals surface area contributed by atoms with Gasteiger partial charge in [-0.15, -0.1) is 0 Å². The topological polar surface area (TPSA) is 80.5 Å². The van der Waals surface area contributed by atoms with E-state index in [9.17, 15) is 23.0 Å². The molecule has 2 rings (SSSR count). The number of halogens is 1. The normalized spacial score (nSPS) is 11.1. The van der Waals surface area contributed by atoms with E-state index >= 15 is 0 Å². The lowest BCUT2D eigenvalue weighted by Gasteiger charge is -2.13. The molecule has 0 aliphatic carbocycles. The number of rotatable bonds is 4. The lowest BCUT2D eigenvalue weighted by Crippen LogP contribution is -2.22. The van der Waals surface area contributed by atoms with Crippen molar-refractivity contribution in [2.45, 2.75) is 4.90 Å². The summed E-state index contributed by atoms with van der Waals surface area (Å²) in [5.74, 6) is 0. The van der Waals surface area contributed by atoms with Gasteiger partial charge in [-0.3, -0.25) is 10.1 Å². The summed E-state index contributed by atoms with van der Waals surface area (Å²) < 4.78 is 37.6. The van der Waals surface area contributed by atoms with E-state index in [-0.39, 0.29) is 20.8 Å². The highest BCUT2D eigenvalue weighted by Crippen LogP contribution is 2.25. The first kappa shape index (κ1) is 13.9. The van der Waals surface area contributed by atoms with Gasteiger partial charge in [-0.25, -0.2) is 0 Å². The zero-order chi connectivity index (χ0) is 14.8. The third-order valence-corrected chi connectivity index (χ3v) is 4.02. The molecule has 2 aromatic carbocycles. The summed E-state index contributed by atoms with van der Waals surface area (Å²) in [6, 6.07) is 11.2. The van der Waals surface area contributed by atoms with Gasteiger partial charge in [0.1, 0.15) is 0 Å². The molecule has 0 heterocycles. The van der Waals surface area contributed by atoms with Crippen molar-refractivity contribution in [1.29, 1.82) is 0 Å². The van der Waals surface area contributed by atoms with Crippen molar-refractivity contribution >= 4 is 21.4 Å². The minimum absolute atomic E-state index is 0.147. The van der Waals surface area contributed by atoms with Crippen LogP contribution in [0.2, 0.25) is 0 Å². The summed E-state index contributed by atoms with van der Waals surface area (Å²) in [5.41, 5.74) is -0.417. The van der Waals surface area contributed by atoms with Gasteiger partial charge in [0.15, 0.2) is 0 Å². The molecule has 0 saturated heterocycles. The average molecular weight is 296 g/mol. The quantitative estimate of drug-likeness (QED) is 0.493. The Kier molecular flexibility index (Phi) is 3.66. The minimum atomic E-state index is -4.39. The third-order valence-electron chi connectivity index (χ3n) is 2.52. The zero-order valence-electron chi connectivity index (χ0n) is 10.0. The first-order chi connectivity index (χ1) is 9.43. The molecule has 0 unspecified atom stereocenters. The Morgan fingerprint density at radius 2 is 1.55 bits per heavy atom. The van der Waals surface area contributed by atoms with Gasteiger partial charge >= 0.3 is 0 Å². The summed E-state index contributed by atoms with van der Waals surface area (Å²) in [6.45, 7) is 0. The molecule has 0 aromatic heterocycles. The maximum Gasteiger partial charge on any atom is 0.290 e. The monoisotopic (exact) mass is 296 g/mol. The Bertz CT molecular complexity index is 717. The summed E-state index contributed by atoms with van der Waals surface area (Å²) in [4.78, 5) is 9.46. The van der Waals surface area contributed by atoms with Crippen molar-refractivity contribution in [2.24, 2.45) is 0 Å². The van der Waals surface area contributed by atoms with Crippen LogP contribution in [0.3, 0.4) is 0 Å². The lowest BCUT2D eigenvalue weighted by atomic mass is 10.3. The van der Waals surface area contributed by atoms with Crippen LogP contribution >= 0.6 is 0 Å². The molecule has 6 nitrogen and oxygen atoms in total. The molecule has 0 N–H and O–H groups in total. The molecule has 0 aliphatic heterocycles. The largest absolute Gasteiger partial charge is 0.290 e. The molecule has 20 heavy (non-hydrogen) atoms. The number of nitrogens with zero attached hydrogens (tertiary/aromatic N) is 2. The molecule has 0 fully saturated rings. The van der Waals surface area contributed by atoms with Crippen LogP contribution in [0.5, 0.6) is 0 Å². The fraction of sp³-hybridized carbons (Fsp3) is 0. The lowest BCUT2D eigenvalue weighted by molar-refractivity contribution is -0.384. The van der Waals surface area contributed by atoms with Crippen LogP contribution in [0.15, 0.2) is 59.5 Å². The second-order valence-electron chi connectivity index (χ2n) is 3.81. The first-order valence-electron chi connectivity index (χ1n) is 5.43. The molecule has 2 aromatic rings. The molecule has 0 spiro atoms. The highest BCUT2D eigenvalue weighted by molar-refractivity contribution is 7.92. The smallest absolute Gasteiger partial charge is 0.258 e. The zero-order valence-corrected chi connectivity index (χ0v) is 10.8. The summed E-state index contributed by atoms with van der Waals surface area (Å²) in [6.07, 6.45) is 0. The van der Waals surface area contributed by atoms with Crippen molar-refractivity contribution in [2.75, 3.05) is 4.53 Å². The molecule has 0 atom stereocenters. The van der Waals surface area contributed by atoms with Crippen LogP contribution in [0, 0.1) is 10.1 Å². The van der Waals surface area contributed by atoms with Gasteiger partial charge in [-0.1, -0.05) is 27.2 Å². The number of hydrogen-bond donors (Lipinski definition) is 0. The second kappa shape index (κ2) is 5.25. The van der Waals surface area contributed by atoms with Crippen LogP contribution in [-0.2, 0) is 10.0 Å². The van der Waals surface area contributed by atoms with E-state index in [0.29, 0.717) is 0 Å². The number of non-ortho nitro benzene ring substituents is 1. The number of anilines is 1. The van der Waals surface area contributed by atoms with E-state index in [0.717, 1.165) is 24.3 Å². The van der Waals surface area contributed by atoms with Gasteiger partial charge < -0.3 is 0 Å². The average Bonchev–Trinajstić information content (AvgIpc) is 2.47. The van der Waals surface area contributed by atoms with Crippen LogP contribution < -0.4 is 4.53 Å². The Hall–Kier alpha value is -2.48. The minimum Gasteiger partial charge on any atom is -0.258 e. The summed E-state index contributed by atoms with van der Waals surface area (Å²) >= 11 is 0. The van der Waals surface area contributed by atoms with Crippen LogP contribution in [0.1, 0.15) is 0 Å². The maximum atomic E-state index is 14.0. The van der Waals surface area contributed by atoms with E-state index in [1.165, 1.54) is 24.3 Å². The molecule has 0 bridgehead atoms. The summed E-state index contributed by atoms with van der Waals surface area (Å²) in [7, 11) is -4.39. The summed E-state index contributed by atoms with van der Waals surface area (Å²) in [5, 5.41) is 10.5. The Labute approximate surface area is 114 Å². The number of nitro benzene ring substituents is 1. The first-order valence-corrected chi connectivity index (χ1v) is 6.87. The van der Waals surface area contributed by atoms with E-state index in [4.69, 9.17) is 0 Å². The van der Waals surface area contributed by atoms with Crippen LogP contribution in [-0.4, -0.2) is 13.3 Å². The Morgan fingerprint density at radius 3 is 2.05 bits per heavy atom. The highest BCUT2D eigenvalue weighted by atomic mass is 32.2. The van der Waals surface area contributed by atoms with Crippen molar-refractivity contribution in [3.05, 3.63) is 64.7 Å². The Morgan fingerprint density at radius 1 is 1.00 bits per heavy atom.